The fraction of sp³-hybridized carbons (Fsp3) is 0.167. The molecule has 0 unspecified atom stereocenters. The standard InChI is InChI=1S/C24H21Br2N3O/c1-28(2)19-13-9-17(10-14-19)23-15-22(16-7-11-18(25)12-8-16)27-29(23)24(30)20-5-3-4-6-21(20)26/h3-14,23H,15H2,1-2H3/t23-/m0/s1. The summed E-state index contributed by atoms with van der Waals surface area (Å²) >= 11 is 6.99. The lowest BCUT2D eigenvalue weighted by atomic mass is 9.98. The van der Waals surface area contributed by atoms with Gasteiger partial charge in [0.15, 0.2) is 0 Å². The van der Waals surface area contributed by atoms with E-state index in [9.17, 15) is 4.79 Å². The molecule has 1 heterocycles. The Morgan fingerprint density at radius 3 is 2.27 bits per heavy atom. The molecule has 152 valence electrons. The number of anilines is 1. The highest BCUT2D eigenvalue weighted by molar-refractivity contribution is 9.10. The van der Waals surface area contributed by atoms with E-state index in [1.165, 1.54) is 0 Å². The predicted molar refractivity (Wildman–Crippen MR) is 129 cm³/mol. The third-order valence-corrected chi connectivity index (χ3v) is 6.41. The summed E-state index contributed by atoms with van der Waals surface area (Å²) in [6.45, 7) is 0. The number of hydrazone groups is 1. The van der Waals surface area contributed by atoms with E-state index in [-0.39, 0.29) is 11.9 Å². The smallest absolute Gasteiger partial charge is 0.275 e. The molecule has 1 aliphatic rings. The molecule has 0 aromatic heterocycles. The number of carbonyl (C=O) groups is 1. The molecule has 0 fully saturated rings. The number of hydrogen-bond acceptors (Lipinski definition) is 3. The predicted octanol–water partition coefficient (Wildman–Crippen LogP) is 6.27. The summed E-state index contributed by atoms with van der Waals surface area (Å²) in [5, 5.41) is 6.40. The van der Waals surface area contributed by atoms with Crippen molar-refractivity contribution < 1.29 is 4.79 Å². The highest BCUT2D eigenvalue weighted by Gasteiger charge is 2.34. The second-order valence-corrected chi connectivity index (χ2v) is 9.16. The van der Waals surface area contributed by atoms with E-state index >= 15 is 0 Å². The van der Waals surface area contributed by atoms with Crippen molar-refractivity contribution >= 4 is 49.2 Å². The number of halogens is 2. The fourth-order valence-corrected chi connectivity index (χ4v) is 4.25. The second-order valence-electron chi connectivity index (χ2n) is 7.39. The van der Waals surface area contributed by atoms with Crippen LogP contribution in [0, 0.1) is 0 Å². The third-order valence-electron chi connectivity index (χ3n) is 5.19. The highest BCUT2D eigenvalue weighted by Crippen LogP contribution is 2.35. The van der Waals surface area contributed by atoms with Crippen molar-refractivity contribution in [3.05, 3.63) is 98.4 Å². The molecule has 1 amide bonds. The van der Waals surface area contributed by atoms with Crippen LogP contribution in [0.2, 0.25) is 0 Å². The minimum absolute atomic E-state index is 0.115. The third kappa shape index (κ3) is 4.20. The van der Waals surface area contributed by atoms with E-state index in [1.54, 1.807) is 5.01 Å². The molecule has 1 atom stereocenters. The molecule has 4 rings (SSSR count). The van der Waals surface area contributed by atoms with Gasteiger partial charge in [0.1, 0.15) is 0 Å². The van der Waals surface area contributed by atoms with Crippen molar-refractivity contribution in [2.24, 2.45) is 5.10 Å². The van der Waals surface area contributed by atoms with E-state index in [0.717, 1.165) is 31.5 Å². The van der Waals surface area contributed by atoms with E-state index in [4.69, 9.17) is 5.10 Å². The Bertz CT molecular complexity index is 1090. The Kier molecular flexibility index (Phi) is 6.06. The second kappa shape index (κ2) is 8.74. The van der Waals surface area contributed by atoms with Crippen LogP contribution in [0.5, 0.6) is 0 Å². The molecular formula is C24H21Br2N3O. The summed E-state index contributed by atoms with van der Waals surface area (Å²) in [6, 6.07) is 23.7. The van der Waals surface area contributed by atoms with Gasteiger partial charge in [-0.2, -0.15) is 5.10 Å². The van der Waals surface area contributed by atoms with E-state index < -0.39 is 0 Å². The molecule has 3 aromatic carbocycles. The number of carbonyl (C=O) groups excluding carboxylic acids is 1. The molecular weight excluding hydrogens is 506 g/mol. The normalized spacial score (nSPS) is 15.8. The number of hydrogen-bond donors (Lipinski definition) is 0. The minimum Gasteiger partial charge on any atom is -0.378 e. The van der Waals surface area contributed by atoms with Crippen molar-refractivity contribution in [3.63, 3.8) is 0 Å². The van der Waals surface area contributed by atoms with Gasteiger partial charge in [0, 0.05) is 35.1 Å². The topological polar surface area (TPSA) is 35.9 Å². The summed E-state index contributed by atoms with van der Waals surface area (Å²) in [7, 11) is 4.03. The van der Waals surface area contributed by atoms with Crippen molar-refractivity contribution in [1.82, 2.24) is 5.01 Å². The zero-order valence-corrected chi connectivity index (χ0v) is 19.9. The van der Waals surface area contributed by atoms with Gasteiger partial charge in [0.05, 0.1) is 17.3 Å². The lowest BCUT2D eigenvalue weighted by molar-refractivity contribution is 0.0710. The van der Waals surface area contributed by atoms with Gasteiger partial charge in [-0.1, -0.05) is 52.3 Å². The Morgan fingerprint density at radius 1 is 0.967 bits per heavy atom. The zero-order chi connectivity index (χ0) is 21.3. The average Bonchev–Trinajstić information content (AvgIpc) is 3.19. The molecule has 30 heavy (non-hydrogen) atoms. The summed E-state index contributed by atoms with van der Waals surface area (Å²) in [5.74, 6) is -0.115. The summed E-state index contributed by atoms with van der Waals surface area (Å²) in [5.41, 5.74) is 4.72. The number of benzene rings is 3. The minimum atomic E-state index is -0.153. The maximum absolute atomic E-state index is 13.4. The summed E-state index contributed by atoms with van der Waals surface area (Å²) < 4.78 is 1.78. The molecule has 4 nitrogen and oxygen atoms in total. The maximum atomic E-state index is 13.4. The van der Waals surface area contributed by atoms with E-state index in [0.29, 0.717) is 12.0 Å². The van der Waals surface area contributed by atoms with Gasteiger partial charge < -0.3 is 4.90 Å². The molecule has 0 spiro atoms. The molecule has 1 aliphatic heterocycles. The van der Waals surface area contributed by atoms with Crippen LogP contribution < -0.4 is 4.90 Å². The van der Waals surface area contributed by atoms with Crippen LogP contribution in [-0.4, -0.2) is 30.7 Å². The van der Waals surface area contributed by atoms with Gasteiger partial charge in [0.2, 0.25) is 0 Å². The van der Waals surface area contributed by atoms with Gasteiger partial charge in [-0.15, -0.1) is 0 Å². The molecule has 0 saturated carbocycles. The summed E-state index contributed by atoms with van der Waals surface area (Å²) in [6.07, 6.45) is 0.666. The molecule has 6 heteroatoms. The van der Waals surface area contributed by atoms with Gasteiger partial charge in [-0.05, 0) is 63.5 Å². The van der Waals surface area contributed by atoms with Gasteiger partial charge in [-0.3, -0.25) is 4.79 Å². The van der Waals surface area contributed by atoms with Crippen LogP contribution in [0.3, 0.4) is 0 Å². The fourth-order valence-electron chi connectivity index (χ4n) is 3.53. The van der Waals surface area contributed by atoms with Crippen LogP contribution in [0.4, 0.5) is 5.69 Å². The quantitative estimate of drug-likeness (QED) is 0.401. The molecule has 0 saturated heterocycles. The first-order valence-corrected chi connectivity index (χ1v) is 11.2. The highest BCUT2D eigenvalue weighted by atomic mass is 79.9. The first-order valence-electron chi connectivity index (χ1n) is 9.63. The van der Waals surface area contributed by atoms with Crippen molar-refractivity contribution in [3.8, 4) is 0 Å². The summed E-state index contributed by atoms with van der Waals surface area (Å²) in [4.78, 5) is 15.5. The largest absolute Gasteiger partial charge is 0.378 e. The number of nitrogens with zero attached hydrogens (tertiary/aromatic N) is 3. The first-order chi connectivity index (χ1) is 14.4. The molecule has 0 aliphatic carbocycles. The van der Waals surface area contributed by atoms with E-state index in [2.05, 4.69) is 61.0 Å². The lowest BCUT2D eigenvalue weighted by Crippen LogP contribution is -2.27. The van der Waals surface area contributed by atoms with Gasteiger partial charge in [-0.25, -0.2) is 5.01 Å². The van der Waals surface area contributed by atoms with E-state index in [1.807, 2.05) is 62.6 Å². The molecule has 0 bridgehead atoms. The average molecular weight is 527 g/mol. The zero-order valence-electron chi connectivity index (χ0n) is 16.7. The van der Waals surface area contributed by atoms with Crippen molar-refractivity contribution in [2.75, 3.05) is 19.0 Å². The van der Waals surface area contributed by atoms with Gasteiger partial charge >= 0.3 is 0 Å². The van der Waals surface area contributed by atoms with Crippen LogP contribution in [0.25, 0.3) is 0 Å². The van der Waals surface area contributed by atoms with Crippen LogP contribution >= 0.6 is 31.9 Å². The Hall–Kier alpha value is -2.44. The first kappa shape index (κ1) is 20.8. The molecule has 0 radical (unpaired) electrons. The van der Waals surface area contributed by atoms with Crippen molar-refractivity contribution in [2.45, 2.75) is 12.5 Å². The van der Waals surface area contributed by atoms with Crippen LogP contribution in [0.15, 0.2) is 86.8 Å². The van der Waals surface area contributed by atoms with Gasteiger partial charge in [0.25, 0.3) is 5.91 Å². The van der Waals surface area contributed by atoms with Crippen LogP contribution in [0.1, 0.15) is 33.9 Å². The Morgan fingerprint density at radius 2 is 1.63 bits per heavy atom. The van der Waals surface area contributed by atoms with Crippen molar-refractivity contribution in [1.29, 1.82) is 0 Å². The Labute approximate surface area is 193 Å². The Balaban J connectivity index is 1.73. The number of rotatable bonds is 4. The number of amides is 1. The van der Waals surface area contributed by atoms with Crippen LogP contribution in [-0.2, 0) is 0 Å². The molecule has 3 aromatic rings. The maximum Gasteiger partial charge on any atom is 0.275 e. The SMILES string of the molecule is CN(C)c1ccc([C@@H]2CC(c3ccc(Br)cc3)=NN2C(=O)c2ccccc2Br)cc1. The monoisotopic (exact) mass is 525 g/mol. The lowest BCUT2D eigenvalue weighted by Gasteiger charge is -2.23. The molecule has 0 N–H and O–H groups in total.